The Labute approximate surface area is 115 Å². The fraction of sp³-hybridized carbons (Fsp3) is 0.308. The van der Waals surface area contributed by atoms with E-state index in [-0.39, 0.29) is 12.2 Å². The number of carbonyl (C=O) groups excluding carboxylic acids is 2. The lowest BCUT2D eigenvalue weighted by atomic mass is 10.1. The Hall–Kier alpha value is -2.41. The summed E-state index contributed by atoms with van der Waals surface area (Å²) in [6, 6.07) is 4.96. The van der Waals surface area contributed by atoms with Gasteiger partial charge in [-0.3, -0.25) is 9.59 Å². The van der Waals surface area contributed by atoms with Crippen molar-refractivity contribution >= 4 is 23.5 Å². The van der Waals surface area contributed by atoms with E-state index in [0.29, 0.717) is 5.69 Å². The van der Waals surface area contributed by atoms with Crippen LogP contribution in [-0.4, -0.2) is 35.6 Å². The number of nitrogens with one attached hydrogen (secondary N) is 1. The molecule has 0 saturated heterocycles. The number of anilines is 1. The van der Waals surface area contributed by atoms with Crippen LogP contribution < -0.4 is 11.1 Å². The van der Waals surface area contributed by atoms with Crippen LogP contribution >= 0.6 is 0 Å². The highest BCUT2D eigenvalue weighted by atomic mass is 16.5. The number of aliphatic carboxylic acids is 1. The summed E-state index contributed by atoms with van der Waals surface area (Å²) in [5, 5.41) is 11.0. The SMILES string of the molecule is CCOC(=O)c1cccc(NC(=O)C(N)CC(=O)O)c1. The highest BCUT2D eigenvalue weighted by Crippen LogP contribution is 2.12. The minimum Gasteiger partial charge on any atom is -0.481 e. The molecule has 0 aliphatic carbocycles. The maximum absolute atomic E-state index is 11.6. The zero-order valence-corrected chi connectivity index (χ0v) is 11.0. The standard InChI is InChI=1S/C13H16N2O5/c1-2-20-13(19)8-4-3-5-9(6-8)15-12(18)10(14)7-11(16)17/h3-6,10H,2,7,14H2,1H3,(H,15,18)(H,16,17). The van der Waals surface area contributed by atoms with Gasteiger partial charge in [0.2, 0.25) is 5.91 Å². The van der Waals surface area contributed by atoms with E-state index < -0.39 is 30.3 Å². The molecule has 0 spiro atoms. The van der Waals surface area contributed by atoms with Gasteiger partial charge < -0.3 is 20.9 Å². The summed E-state index contributed by atoms with van der Waals surface area (Å²) in [5.74, 6) is -2.29. The smallest absolute Gasteiger partial charge is 0.338 e. The minimum absolute atomic E-state index is 0.249. The number of carboxylic acids is 1. The number of amides is 1. The van der Waals surface area contributed by atoms with Gasteiger partial charge in [-0.05, 0) is 25.1 Å². The Morgan fingerprint density at radius 1 is 1.40 bits per heavy atom. The Kier molecular flexibility index (Phi) is 5.67. The van der Waals surface area contributed by atoms with Crippen molar-refractivity contribution in [2.75, 3.05) is 11.9 Å². The van der Waals surface area contributed by atoms with Crippen molar-refractivity contribution in [2.24, 2.45) is 5.73 Å². The summed E-state index contributed by atoms with van der Waals surface area (Å²) in [6.07, 6.45) is -0.469. The highest BCUT2D eigenvalue weighted by Gasteiger charge is 2.17. The molecule has 0 saturated carbocycles. The molecule has 0 heterocycles. The van der Waals surface area contributed by atoms with E-state index in [1.807, 2.05) is 0 Å². The molecule has 20 heavy (non-hydrogen) atoms. The minimum atomic E-state index is -1.16. The van der Waals surface area contributed by atoms with Crippen molar-refractivity contribution in [3.63, 3.8) is 0 Å². The van der Waals surface area contributed by atoms with Gasteiger partial charge in [-0.15, -0.1) is 0 Å². The van der Waals surface area contributed by atoms with Crippen molar-refractivity contribution in [2.45, 2.75) is 19.4 Å². The third kappa shape index (κ3) is 4.69. The van der Waals surface area contributed by atoms with Crippen LogP contribution in [0.15, 0.2) is 24.3 Å². The molecule has 1 aromatic carbocycles. The van der Waals surface area contributed by atoms with Gasteiger partial charge in [0.05, 0.1) is 24.6 Å². The maximum atomic E-state index is 11.6. The zero-order chi connectivity index (χ0) is 15.1. The number of carboxylic acid groups (broad SMARTS) is 1. The van der Waals surface area contributed by atoms with Gasteiger partial charge in [0.1, 0.15) is 0 Å². The topological polar surface area (TPSA) is 119 Å². The van der Waals surface area contributed by atoms with Crippen molar-refractivity contribution in [3.8, 4) is 0 Å². The first kappa shape index (κ1) is 15.6. The molecule has 1 atom stereocenters. The van der Waals surface area contributed by atoms with Crippen molar-refractivity contribution in [1.29, 1.82) is 0 Å². The zero-order valence-electron chi connectivity index (χ0n) is 11.0. The van der Waals surface area contributed by atoms with E-state index in [0.717, 1.165) is 0 Å². The highest BCUT2D eigenvalue weighted by molar-refractivity contribution is 5.98. The van der Waals surface area contributed by atoms with E-state index in [2.05, 4.69) is 5.32 Å². The number of hydrogen-bond donors (Lipinski definition) is 3. The van der Waals surface area contributed by atoms with Crippen LogP contribution in [0, 0.1) is 0 Å². The molecule has 0 radical (unpaired) electrons. The van der Waals surface area contributed by atoms with Crippen molar-refractivity contribution in [1.82, 2.24) is 0 Å². The van der Waals surface area contributed by atoms with Crippen LogP contribution in [-0.2, 0) is 14.3 Å². The first-order valence-corrected chi connectivity index (χ1v) is 5.99. The quantitative estimate of drug-likeness (QED) is 0.657. The van der Waals surface area contributed by atoms with Crippen LogP contribution in [0.25, 0.3) is 0 Å². The Morgan fingerprint density at radius 3 is 2.70 bits per heavy atom. The van der Waals surface area contributed by atoms with Gasteiger partial charge in [-0.25, -0.2) is 4.79 Å². The normalized spacial score (nSPS) is 11.5. The molecule has 1 rings (SSSR count). The average Bonchev–Trinajstić information content (AvgIpc) is 2.38. The third-order valence-corrected chi connectivity index (χ3v) is 2.37. The number of rotatable bonds is 6. The fourth-order valence-electron chi connectivity index (χ4n) is 1.45. The lowest BCUT2D eigenvalue weighted by Gasteiger charge is -2.11. The number of hydrogen-bond acceptors (Lipinski definition) is 5. The summed E-state index contributed by atoms with van der Waals surface area (Å²) >= 11 is 0. The van der Waals surface area contributed by atoms with E-state index in [1.165, 1.54) is 6.07 Å². The summed E-state index contributed by atoms with van der Waals surface area (Å²) in [5.41, 5.74) is 6.06. The van der Waals surface area contributed by atoms with Crippen LogP contribution in [0.2, 0.25) is 0 Å². The molecule has 1 amide bonds. The second-order valence-corrected chi connectivity index (χ2v) is 3.99. The van der Waals surface area contributed by atoms with E-state index in [1.54, 1.807) is 25.1 Å². The largest absolute Gasteiger partial charge is 0.481 e. The first-order chi connectivity index (χ1) is 9.43. The fourth-order valence-corrected chi connectivity index (χ4v) is 1.45. The number of benzene rings is 1. The summed E-state index contributed by atoms with van der Waals surface area (Å²) < 4.78 is 4.83. The molecular formula is C13H16N2O5. The molecule has 4 N–H and O–H groups in total. The molecule has 0 bridgehead atoms. The molecule has 1 aromatic rings. The number of carbonyl (C=O) groups is 3. The van der Waals surface area contributed by atoms with E-state index >= 15 is 0 Å². The number of esters is 1. The molecule has 0 aliphatic heterocycles. The van der Waals surface area contributed by atoms with Gasteiger partial charge in [0.15, 0.2) is 0 Å². The summed E-state index contributed by atoms with van der Waals surface area (Å²) in [6.45, 7) is 1.94. The van der Waals surface area contributed by atoms with Gasteiger partial charge in [0, 0.05) is 5.69 Å². The maximum Gasteiger partial charge on any atom is 0.338 e. The third-order valence-electron chi connectivity index (χ3n) is 2.37. The molecule has 0 fully saturated rings. The molecular weight excluding hydrogens is 264 g/mol. The molecule has 0 aliphatic rings. The van der Waals surface area contributed by atoms with Crippen LogP contribution in [0.1, 0.15) is 23.7 Å². The molecule has 1 unspecified atom stereocenters. The monoisotopic (exact) mass is 280 g/mol. The van der Waals surface area contributed by atoms with Crippen LogP contribution in [0.3, 0.4) is 0 Å². The lowest BCUT2D eigenvalue weighted by molar-refractivity contribution is -0.138. The molecule has 108 valence electrons. The summed E-state index contributed by atoms with van der Waals surface area (Å²) in [4.78, 5) is 33.6. The molecule has 0 aromatic heterocycles. The van der Waals surface area contributed by atoms with Gasteiger partial charge in [-0.2, -0.15) is 0 Å². The number of ether oxygens (including phenoxy) is 1. The molecule has 7 heteroatoms. The Balaban J connectivity index is 2.73. The Bertz CT molecular complexity index is 515. The first-order valence-electron chi connectivity index (χ1n) is 5.99. The van der Waals surface area contributed by atoms with Crippen molar-refractivity contribution in [3.05, 3.63) is 29.8 Å². The van der Waals surface area contributed by atoms with Crippen molar-refractivity contribution < 1.29 is 24.2 Å². The molecule has 7 nitrogen and oxygen atoms in total. The Morgan fingerprint density at radius 2 is 2.10 bits per heavy atom. The van der Waals surface area contributed by atoms with Crippen LogP contribution in [0.5, 0.6) is 0 Å². The number of nitrogens with two attached hydrogens (primary N) is 1. The lowest BCUT2D eigenvalue weighted by Crippen LogP contribution is -2.37. The predicted molar refractivity (Wildman–Crippen MR) is 71.3 cm³/mol. The van der Waals surface area contributed by atoms with E-state index in [9.17, 15) is 14.4 Å². The van der Waals surface area contributed by atoms with Gasteiger partial charge in [-0.1, -0.05) is 6.07 Å². The second kappa shape index (κ2) is 7.25. The average molecular weight is 280 g/mol. The van der Waals surface area contributed by atoms with Gasteiger partial charge in [0.25, 0.3) is 0 Å². The summed E-state index contributed by atoms with van der Waals surface area (Å²) in [7, 11) is 0. The second-order valence-electron chi connectivity index (χ2n) is 3.99. The van der Waals surface area contributed by atoms with E-state index in [4.69, 9.17) is 15.6 Å². The van der Waals surface area contributed by atoms with Gasteiger partial charge >= 0.3 is 11.9 Å². The van der Waals surface area contributed by atoms with Crippen LogP contribution in [0.4, 0.5) is 5.69 Å². The predicted octanol–water partition coefficient (Wildman–Crippen LogP) is 0.604.